The van der Waals surface area contributed by atoms with Crippen molar-refractivity contribution in [1.29, 1.82) is 0 Å². The third-order valence-electron chi connectivity index (χ3n) is 7.00. The van der Waals surface area contributed by atoms with Crippen LogP contribution in [-0.2, 0) is 48.2 Å². The van der Waals surface area contributed by atoms with E-state index in [4.69, 9.17) is 14.2 Å². The summed E-state index contributed by atoms with van der Waals surface area (Å²) in [7, 11) is 0. The monoisotopic (exact) mass is 450 g/mol. The first-order valence-corrected chi connectivity index (χ1v) is 11.3. The van der Waals surface area contributed by atoms with Gasteiger partial charge in [-0.1, -0.05) is 37.3 Å². The number of carbonyl (C=O) groups excluding carboxylic acids is 2. The average Bonchev–Trinajstić information content (AvgIpc) is 3.44. The van der Waals surface area contributed by atoms with Crippen LogP contribution in [0.25, 0.3) is 0 Å². The second kappa shape index (κ2) is 8.04. The Morgan fingerprint density at radius 1 is 1.15 bits per heavy atom. The number of esters is 1. The normalized spacial score (nSPS) is 23.3. The third-order valence-corrected chi connectivity index (χ3v) is 7.00. The van der Waals surface area contributed by atoms with Gasteiger partial charge in [-0.15, -0.1) is 0 Å². The minimum Gasteiger partial charge on any atom is -0.460 e. The van der Waals surface area contributed by atoms with Crippen LogP contribution in [0.15, 0.2) is 46.2 Å². The molecular weight excluding hydrogens is 424 g/mol. The molecule has 0 radical (unpaired) electrons. The molecule has 1 atom stereocenters. The van der Waals surface area contributed by atoms with Crippen LogP contribution in [0.5, 0.6) is 0 Å². The van der Waals surface area contributed by atoms with Crippen molar-refractivity contribution < 1.29 is 23.8 Å². The highest BCUT2D eigenvalue weighted by molar-refractivity contribution is 6.06. The average molecular weight is 450 g/mol. The topological polar surface area (TPSA) is 96.2 Å². The van der Waals surface area contributed by atoms with E-state index in [-0.39, 0.29) is 18.6 Å². The van der Waals surface area contributed by atoms with E-state index in [1.165, 1.54) is 0 Å². The maximum absolute atomic E-state index is 13.4. The number of benzene rings is 1. The van der Waals surface area contributed by atoms with Crippen LogP contribution >= 0.6 is 0 Å². The molecule has 0 unspecified atom stereocenters. The Hall–Kier alpha value is -3.10. The smallest absolute Gasteiger partial charge is 0.317 e. The van der Waals surface area contributed by atoms with Gasteiger partial charge in [0.25, 0.3) is 5.56 Å². The van der Waals surface area contributed by atoms with E-state index in [1.807, 2.05) is 43.3 Å². The van der Waals surface area contributed by atoms with E-state index in [0.29, 0.717) is 55.1 Å². The van der Waals surface area contributed by atoms with Crippen LogP contribution in [-0.4, -0.2) is 35.4 Å². The fraction of sp³-hybridized carbons (Fsp3) is 0.440. The highest BCUT2D eigenvalue weighted by Gasteiger charge is 2.51. The largest absolute Gasteiger partial charge is 0.460 e. The summed E-state index contributed by atoms with van der Waals surface area (Å²) in [6, 6.07) is 11.2. The molecule has 33 heavy (non-hydrogen) atoms. The number of fused-ring (bicyclic) bond motifs is 3. The maximum Gasteiger partial charge on any atom is 0.317 e. The Kier molecular flexibility index (Phi) is 5.29. The van der Waals surface area contributed by atoms with Gasteiger partial charge in [-0.2, -0.15) is 0 Å². The van der Waals surface area contributed by atoms with Crippen LogP contribution in [0.3, 0.4) is 0 Å². The Labute approximate surface area is 191 Å². The zero-order chi connectivity index (χ0) is 23.2. The first-order chi connectivity index (χ1) is 15.9. The van der Waals surface area contributed by atoms with Gasteiger partial charge in [0, 0.05) is 25.1 Å². The molecule has 3 aliphatic heterocycles. The van der Waals surface area contributed by atoms with Gasteiger partial charge in [0.05, 0.1) is 24.5 Å². The number of hydrogen-bond donors (Lipinski definition) is 0. The van der Waals surface area contributed by atoms with E-state index in [1.54, 1.807) is 11.5 Å². The first-order valence-electron chi connectivity index (χ1n) is 11.3. The van der Waals surface area contributed by atoms with E-state index in [2.05, 4.69) is 4.99 Å². The van der Waals surface area contributed by atoms with Gasteiger partial charge in [0.1, 0.15) is 12.0 Å². The quantitative estimate of drug-likeness (QED) is 0.525. The molecule has 2 aromatic rings. The highest BCUT2D eigenvalue weighted by Crippen LogP contribution is 2.44. The number of pyridine rings is 1. The molecule has 0 bridgehead atoms. The number of aromatic nitrogens is 1. The van der Waals surface area contributed by atoms with Crippen molar-refractivity contribution in [2.75, 3.05) is 13.2 Å². The second-order valence-electron chi connectivity index (χ2n) is 8.72. The fourth-order valence-electron chi connectivity index (χ4n) is 5.17. The molecule has 4 heterocycles. The lowest BCUT2D eigenvalue weighted by Crippen LogP contribution is -2.46. The molecule has 8 heteroatoms. The number of ether oxygens (including phenoxy) is 3. The summed E-state index contributed by atoms with van der Waals surface area (Å²) < 4.78 is 18.9. The molecule has 1 amide bonds. The minimum atomic E-state index is -1.29. The number of aliphatic imine (C=N–C) groups is 1. The van der Waals surface area contributed by atoms with Crippen molar-refractivity contribution in [2.45, 2.75) is 57.5 Å². The van der Waals surface area contributed by atoms with Gasteiger partial charge in [0.15, 0.2) is 0 Å². The van der Waals surface area contributed by atoms with E-state index >= 15 is 0 Å². The van der Waals surface area contributed by atoms with Gasteiger partial charge < -0.3 is 18.8 Å². The minimum absolute atomic E-state index is 0.107. The summed E-state index contributed by atoms with van der Waals surface area (Å²) in [5.41, 5.74) is 1.43. The number of carbonyl (C=O) groups is 2. The fourth-order valence-corrected chi connectivity index (χ4v) is 5.17. The molecule has 0 aliphatic carbocycles. The molecule has 1 saturated heterocycles. The molecule has 0 N–H and O–H groups in total. The predicted molar refractivity (Wildman–Crippen MR) is 119 cm³/mol. The van der Waals surface area contributed by atoms with Crippen LogP contribution in [0, 0.1) is 0 Å². The summed E-state index contributed by atoms with van der Waals surface area (Å²) >= 11 is 0. The Morgan fingerprint density at radius 2 is 1.88 bits per heavy atom. The highest BCUT2D eigenvalue weighted by atomic mass is 16.7. The lowest BCUT2D eigenvalue weighted by Gasteiger charge is -2.36. The van der Waals surface area contributed by atoms with E-state index < -0.39 is 23.1 Å². The summed E-state index contributed by atoms with van der Waals surface area (Å²) in [6.07, 6.45) is 0.637. The molecule has 1 aromatic heterocycles. The Balaban J connectivity index is 1.58. The third kappa shape index (κ3) is 3.36. The maximum atomic E-state index is 13.4. The Bertz CT molecular complexity index is 1210. The van der Waals surface area contributed by atoms with Crippen LogP contribution in [0.1, 0.15) is 55.5 Å². The van der Waals surface area contributed by atoms with E-state index in [9.17, 15) is 14.4 Å². The Morgan fingerprint density at radius 3 is 2.58 bits per heavy atom. The van der Waals surface area contributed by atoms with Crippen molar-refractivity contribution in [1.82, 2.24) is 4.57 Å². The van der Waals surface area contributed by atoms with Crippen molar-refractivity contribution in [3.63, 3.8) is 0 Å². The molecule has 8 nitrogen and oxygen atoms in total. The molecule has 1 aromatic carbocycles. The second-order valence-corrected chi connectivity index (χ2v) is 8.72. The number of rotatable bonds is 4. The van der Waals surface area contributed by atoms with Gasteiger partial charge in [-0.05, 0) is 30.5 Å². The standard InChI is InChI=1S/C25H26N2O6/c1-3-24(14-21(28)26-16(2)17-7-5-4-6-8-17)19-13-20-25(32-11-12-33-25)9-10-27(20)22(29)18(19)15-31-23(24)30/h4-8,13H,3,9-12,14-15H2,1-2H3/b26-16+/t24-/m0/s1. The van der Waals surface area contributed by atoms with Gasteiger partial charge in [0.2, 0.25) is 11.7 Å². The molecule has 1 spiro atoms. The lowest BCUT2D eigenvalue weighted by atomic mass is 9.72. The summed E-state index contributed by atoms with van der Waals surface area (Å²) in [5, 5.41) is 0. The van der Waals surface area contributed by atoms with Gasteiger partial charge in [-0.25, -0.2) is 4.99 Å². The van der Waals surface area contributed by atoms with Crippen molar-refractivity contribution >= 4 is 17.6 Å². The summed E-state index contributed by atoms with van der Waals surface area (Å²) in [5.74, 6) is -1.92. The van der Waals surface area contributed by atoms with E-state index in [0.717, 1.165) is 5.56 Å². The molecule has 5 rings (SSSR count). The number of nitrogens with zero attached hydrogens (tertiary/aromatic N) is 2. The summed E-state index contributed by atoms with van der Waals surface area (Å²) in [6.45, 7) is 4.83. The van der Waals surface area contributed by atoms with Crippen LogP contribution in [0.4, 0.5) is 0 Å². The molecule has 0 saturated carbocycles. The van der Waals surface area contributed by atoms with Crippen molar-refractivity contribution in [2.24, 2.45) is 4.99 Å². The van der Waals surface area contributed by atoms with Crippen molar-refractivity contribution in [3.05, 3.63) is 69.1 Å². The number of hydrogen-bond acceptors (Lipinski definition) is 6. The van der Waals surface area contributed by atoms with Crippen LogP contribution in [0.2, 0.25) is 0 Å². The molecular formula is C25H26N2O6. The summed E-state index contributed by atoms with van der Waals surface area (Å²) in [4.78, 5) is 43.8. The molecule has 3 aliphatic rings. The predicted octanol–water partition coefficient (Wildman–Crippen LogP) is 2.58. The zero-order valence-corrected chi connectivity index (χ0v) is 18.8. The molecule has 172 valence electrons. The zero-order valence-electron chi connectivity index (χ0n) is 18.8. The SMILES string of the molecule is CC[C@@]1(CC(=O)/N=C(\C)c2ccccc2)C(=O)OCc2c1cc1n(c2=O)CCC12OCCO2. The lowest BCUT2D eigenvalue weighted by molar-refractivity contribution is -0.164. The molecule has 1 fully saturated rings. The van der Waals surface area contributed by atoms with Gasteiger partial charge >= 0.3 is 5.97 Å². The van der Waals surface area contributed by atoms with Crippen LogP contribution < -0.4 is 5.56 Å². The van der Waals surface area contributed by atoms with Gasteiger partial charge in [-0.3, -0.25) is 14.4 Å². The first kappa shape index (κ1) is 21.7. The number of cyclic esters (lactones) is 1. The number of amides is 1. The van der Waals surface area contributed by atoms with Crippen molar-refractivity contribution in [3.8, 4) is 0 Å².